The van der Waals surface area contributed by atoms with Crippen molar-refractivity contribution in [1.29, 1.82) is 0 Å². The molecular weight excluding hydrogens is 304 g/mol. The van der Waals surface area contributed by atoms with Crippen molar-refractivity contribution in [1.82, 2.24) is 20.4 Å². The molecule has 2 aromatic rings. The fourth-order valence-electron chi connectivity index (χ4n) is 2.65. The van der Waals surface area contributed by atoms with E-state index in [4.69, 9.17) is 0 Å². The summed E-state index contributed by atoms with van der Waals surface area (Å²) in [6, 6.07) is 0. The minimum Gasteiger partial charge on any atom is -0.289 e. The number of aromatic nitrogens is 2. The summed E-state index contributed by atoms with van der Waals surface area (Å²) in [5.41, 5.74) is 5.34. The Morgan fingerprint density at radius 3 is 2.86 bits per heavy atom. The first kappa shape index (κ1) is 14.7. The number of hydrogen-bond acceptors (Lipinski definition) is 5. The number of carbonyl (C=O) groups is 2. The lowest BCUT2D eigenvalue weighted by Gasteiger charge is -2.10. The zero-order valence-corrected chi connectivity index (χ0v) is 13.0. The Labute approximate surface area is 130 Å². The highest BCUT2D eigenvalue weighted by atomic mass is 32.1. The average molecular weight is 320 g/mol. The van der Waals surface area contributed by atoms with E-state index in [0.29, 0.717) is 5.39 Å². The molecule has 2 amide bonds. The highest BCUT2D eigenvalue weighted by Gasteiger charge is 2.20. The van der Waals surface area contributed by atoms with Crippen LogP contribution >= 0.6 is 11.3 Å². The molecule has 0 atom stereocenters. The van der Waals surface area contributed by atoms with Crippen molar-refractivity contribution in [2.45, 2.75) is 39.2 Å². The van der Waals surface area contributed by atoms with Gasteiger partial charge >= 0.3 is 0 Å². The fraction of sp³-hybridized carbons (Fsp3) is 0.429. The van der Waals surface area contributed by atoms with Crippen molar-refractivity contribution < 1.29 is 9.59 Å². The summed E-state index contributed by atoms with van der Waals surface area (Å²) < 4.78 is 1.28. The Bertz CT molecular complexity index is 808. The number of nitrogens with one attached hydrogen (secondary N) is 2. The Hall–Kier alpha value is -2.22. The number of hydrogen-bond donors (Lipinski definition) is 2. The van der Waals surface area contributed by atoms with Gasteiger partial charge in [-0.3, -0.25) is 29.8 Å². The molecule has 0 fully saturated rings. The van der Waals surface area contributed by atoms with Gasteiger partial charge in [0.1, 0.15) is 11.4 Å². The van der Waals surface area contributed by atoms with Crippen LogP contribution in [0.15, 0.2) is 11.1 Å². The normalized spacial score (nSPS) is 13.7. The van der Waals surface area contributed by atoms with Crippen LogP contribution in [0.5, 0.6) is 0 Å². The molecule has 8 heteroatoms. The van der Waals surface area contributed by atoms with Crippen molar-refractivity contribution in [2.24, 2.45) is 0 Å². The smallest absolute Gasteiger partial charge is 0.262 e. The van der Waals surface area contributed by atoms with Crippen LogP contribution in [0.2, 0.25) is 0 Å². The van der Waals surface area contributed by atoms with Gasteiger partial charge in [-0.1, -0.05) is 0 Å². The minimum absolute atomic E-state index is 0.174. The molecule has 0 saturated carbocycles. The average Bonchev–Trinajstić information content (AvgIpc) is 2.87. The van der Waals surface area contributed by atoms with Crippen LogP contribution in [0.3, 0.4) is 0 Å². The first-order chi connectivity index (χ1) is 10.6. The molecule has 1 aliphatic carbocycles. The van der Waals surface area contributed by atoms with Crippen molar-refractivity contribution in [3.05, 3.63) is 27.1 Å². The topological polar surface area (TPSA) is 93.1 Å². The largest absolute Gasteiger partial charge is 0.289 e. The van der Waals surface area contributed by atoms with Gasteiger partial charge in [0.05, 0.1) is 11.7 Å². The molecule has 0 bridgehead atoms. The van der Waals surface area contributed by atoms with Crippen molar-refractivity contribution >= 4 is 33.4 Å². The van der Waals surface area contributed by atoms with Crippen LogP contribution in [0.4, 0.5) is 0 Å². The molecule has 116 valence electrons. The summed E-state index contributed by atoms with van der Waals surface area (Å²) in [5, 5.41) is 0.648. The maximum Gasteiger partial charge on any atom is 0.262 e. The predicted octanol–water partition coefficient (Wildman–Crippen LogP) is 0.504. The zero-order chi connectivity index (χ0) is 15.7. The highest BCUT2D eigenvalue weighted by molar-refractivity contribution is 7.18. The molecule has 1 aliphatic rings. The molecule has 0 aromatic carbocycles. The molecule has 2 N–H and O–H groups in total. The number of amides is 2. The van der Waals surface area contributed by atoms with E-state index in [2.05, 4.69) is 15.8 Å². The SMILES string of the molecule is CC(=O)NNC(=O)Cn1cnc2sc3c(c2c1=O)CCCC3. The van der Waals surface area contributed by atoms with Crippen LogP contribution in [0, 0.1) is 0 Å². The third-order valence-corrected chi connectivity index (χ3v) is 4.83. The van der Waals surface area contributed by atoms with E-state index in [1.807, 2.05) is 0 Å². The molecule has 0 unspecified atom stereocenters. The number of thiophene rings is 1. The molecule has 2 aromatic heterocycles. The molecule has 2 heterocycles. The monoisotopic (exact) mass is 320 g/mol. The number of rotatable bonds is 2. The van der Waals surface area contributed by atoms with E-state index in [-0.39, 0.29) is 18.0 Å². The quantitative estimate of drug-likeness (QED) is 0.788. The highest BCUT2D eigenvalue weighted by Crippen LogP contribution is 2.33. The van der Waals surface area contributed by atoms with Crippen LogP contribution in [-0.2, 0) is 29.0 Å². The predicted molar refractivity (Wildman–Crippen MR) is 82.5 cm³/mol. The van der Waals surface area contributed by atoms with Gasteiger partial charge in [-0.15, -0.1) is 11.3 Å². The van der Waals surface area contributed by atoms with Gasteiger partial charge in [0.15, 0.2) is 0 Å². The fourth-order valence-corrected chi connectivity index (χ4v) is 3.87. The van der Waals surface area contributed by atoms with Crippen LogP contribution in [0.25, 0.3) is 10.2 Å². The Morgan fingerprint density at radius 1 is 1.32 bits per heavy atom. The van der Waals surface area contributed by atoms with Crippen LogP contribution < -0.4 is 16.4 Å². The maximum atomic E-state index is 12.6. The summed E-state index contributed by atoms with van der Waals surface area (Å²) in [6.07, 6.45) is 5.51. The lowest BCUT2D eigenvalue weighted by atomic mass is 9.97. The zero-order valence-electron chi connectivity index (χ0n) is 12.1. The van der Waals surface area contributed by atoms with E-state index in [1.165, 1.54) is 22.7 Å². The van der Waals surface area contributed by atoms with Gasteiger partial charge in [-0.25, -0.2) is 4.98 Å². The van der Waals surface area contributed by atoms with E-state index in [0.717, 1.165) is 36.1 Å². The van der Waals surface area contributed by atoms with Gasteiger partial charge in [0.25, 0.3) is 11.5 Å². The van der Waals surface area contributed by atoms with Gasteiger partial charge < -0.3 is 0 Å². The van der Waals surface area contributed by atoms with Crippen LogP contribution in [0.1, 0.15) is 30.2 Å². The molecular formula is C14H16N4O3S. The van der Waals surface area contributed by atoms with Crippen molar-refractivity contribution in [2.75, 3.05) is 0 Å². The summed E-state index contributed by atoms with van der Waals surface area (Å²) in [7, 11) is 0. The number of aryl methyl sites for hydroxylation is 2. The van der Waals surface area contributed by atoms with Gasteiger partial charge in [-0.2, -0.15) is 0 Å². The third kappa shape index (κ3) is 2.74. The first-order valence-corrected chi connectivity index (χ1v) is 7.93. The maximum absolute atomic E-state index is 12.6. The van der Waals surface area contributed by atoms with Crippen molar-refractivity contribution in [3.8, 4) is 0 Å². The van der Waals surface area contributed by atoms with Gasteiger partial charge in [-0.05, 0) is 31.2 Å². The second-order valence-electron chi connectivity index (χ2n) is 5.30. The first-order valence-electron chi connectivity index (χ1n) is 7.11. The van der Waals surface area contributed by atoms with Gasteiger partial charge in [0, 0.05) is 11.8 Å². The number of hydrazine groups is 1. The lowest BCUT2D eigenvalue weighted by molar-refractivity contribution is -0.128. The molecule has 3 rings (SSSR count). The molecule has 0 radical (unpaired) electrons. The Kier molecular flexibility index (Phi) is 3.93. The van der Waals surface area contributed by atoms with E-state index in [1.54, 1.807) is 11.3 Å². The van der Waals surface area contributed by atoms with E-state index >= 15 is 0 Å². The van der Waals surface area contributed by atoms with Crippen molar-refractivity contribution in [3.63, 3.8) is 0 Å². The summed E-state index contributed by atoms with van der Waals surface area (Å²) in [4.78, 5) is 41.4. The lowest BCUT2D eigenvalue weighted by Crippen LogP contribution is -2.43. The molecule has 0 saturated heterocycles. The minimum atomic E-state index is -0.470. The molecule has 0 spiro atoms. The van der Waals surface area contributed by atoms with Gasteiger partial charge in [0.2, 0.25) is 5.91 Å². The van der Waals surface area contributed by atoms with Crippen LogP contribution in [-0.4, -0.2) is 21.4 Å². The second-order valence-corrected chi connectivity index (χ2v) is 6.38. The molecule has 0 aliphatic heterocycles. The second kappa shape index (κ2) is 5.88. The summed E-state index contributed by atoms with van der Waals surface area (Å²) in [5.74, 6) is -0.844. The van der Waals surface area contributed by atoms with E-state index in [9.17, 15) is 14.4 Å². The Balaban J connectivity index is 1.91. The molecule has 7 nitrogen and oxygen atoms in total. The Morgan fingerprint density at radius 2 is 2.09 bits per heavy atom. The summed E-state index contributed by atoms with van der Waals surface area (Å²) in [6.45, 7) is 1.12. The number of nitrogens with zero attached hydrogens (tertiary/aromatic N) is 2. The third-order valence-electron chi connectivity index (χ3n) is 3.63. The van der Waals surface area contributed by atoms with E-state index < -0.39 is 5.91 Å². The molecule has 22 heavy (non-hydrogen) atoms. The standard InChI is InChI=1S/C14H16N4O3S/c1-8(19)16-17-11(20)6-18-7-15-13-12(14(18)21)9-4-2-3-5-10(9)22-13/h7H,2-6H2,1H3,(H,16,19)(H,17,20). The number of carbonyl (C=O) groups excluding carboxylic acids is 2. The number of fused-ring (bicyclic) bond motifs is 3. The summed E-state index contributed by atoms with van der Waals surface area (Å²) >= 11 is 1.57.